The largest absolute Gasteiger partial charge is 0.448 e. The number of rotatable bonds is 5. The molecule has 2 N–H and O–H groups in total. The van der Waals surface area contributed by atoms with Crippen LogP contribution < -0.4 is 5.73 Å². The number of primary amides is 1. The fourth-order valence-electron chi connectivity index (χ4n) is 4.89. The van der Waals surface area contributed by atoms with Gasteiger partial charge in [-0.3, -0.25) is 14.7 Å². The van der Waals surface area contributed by atoms with Crippen LogP contribution in [0.15, 0.2) is 35.3 Å². The fraction of sp³-hybridized carbons (Fsp3) is 0.526. The van der Waals surface area contributed by atoms with Crippen LogP contribution in [-0.4, -0.2) is 41.0 Å². The molecule has 2 unspecified atom stereocenters. The highest BCUT2D eigenvalue weighted by molar-refractivity contribution is 5.92. The zero-order valence-electron chi connectivity index (χ0n) is 14.9. The molecule has 7 heteroatoms. The number of nitrogens with two attached hydrogens (primary N) is 1. The van der Waals surface area contributed by atoms with Crippen molar-refractivity contribution in [3.05, 3.63) is 47.9 Å². The number of hydrogen-bond acceptors (Lipinski definition) is 6. The number of oxazole rings is 1. The topological polar surface area (TPSA) is 94.5 Å². The zero-order valence-corrected chi connectivity index (χ0v) is 14.9. The molecule has 0 aromatic carbocycles. The molecule has 2 aliphatic rings. The highest BCUT2D eigenvalue weighted by Gasteiger charge is 2.53. The van der Waals surface area contributed by atoms with Crippen molar-refractivity contribution in [3.8, 4) is 0 Å². The second-order valence-corrected chi connectivity index (χ2v) is 7.27. The molecule has 7 nitrogen and oxygen atoms in total. The molecule has 2 bridgehead atoms. The van der Waals surface area contributed by atoms with Gasteiger partial charge in [-0.25, -0.2) is 4.98 Å². The number of carbonyl (C=O) groups is 1. The van der Waals surface area contributed by atoms with E-state index in [0.29, 0.717) is 23.9 Å². The van der Waals surface area contributed by atoms with Gasteiger partial charge in [0.1, 0.15) is 11.9 Å². The molecule has 1 saturated carbocycles. The standard InChI is InChI=1S/C19H24N4O3/c1-25-19(16-7-13(18(20)24)8-21-9-16)14-3-2-4-15(19)11-23(10-14)12-17-22-5-6-26-17/h5-9,14-15H,2-4,10-12H2,1H3,(H2,20,24). The van der Waals surface area contributed by atoms with Gasteiger partial charge in [-0.2, -0.15) is 0 Å². The van der Waals surface area contributed by atoms with Crippen molar-refractivity contribution in [2.24, 2.45) is 17.6 Å². The van der Waals surface area contributed by atoms with Crippen LogP contribution in [0.4, 0.5) is 0 Å². The Labute approximate surface area is 152 Å². The Balaban J connectivity index is 1.66. The van der Waals surface area contributed by atoms with Crippen molar-refractivity contribution in [2.75, 3.05) is 20.2 Å². The van der Waals surface area contributed by atoms with Crippen LogP contribution in [0.3, 0.4) is 0 Å². The number of amides is 1. The van der Waals surface area contributed by atoms with Crippen LogP contribution >= 0.6 is 0 Å². The predicted octanol–water partition coefficient (Wildman–Crippen LogP) is 1.94. The van der Waals surface area contributed by atoms with E-state index in [1.165, 1.54) is 12.6 Å². The van der Waals surface area contributed by atoms with Crippen LogP contribution in [0.2, 0.25) is 0 Å². The minimum Gasteiger partial charge on any atom is -0.448 e. The maximum absolute atomic E-state index is 11.6. The highest BCUT2D eigenvalue weighted by Crippen LogP contribution is 2.51. The molecule has 1 saturated heterocycles. The van der Waals surface area contributed by atoms with E-state index in [9.17, 15) is 4.79 Å². The first-order valence-corrected chi connectivity index (χ1v) is 9.04. The van der Waals surface area contributed by atoms with Crippen LogP contribution in [-0.2, 0) is 16.9 Å². The quantitative estimate of drug-likeness (QED) is 0.880. The summed E-state index contributed by atoms with van der Waals surface area (Å²) in [6.07, 6.45) is 9.98. The maximum Gasteiger partial charge on any atom is 0.250 e. The summed E-state index contributed by atoms with van der Waals surface area (Å²) in [5, 5.41) is 0. The number of methoxy groups -OCH3 is 1. The Morgan fingerprint density at radius 2 is 2.15 bits per heavy atom. The molecule has 3 heterocycles. The molecule has 1 amide bonds. The molecule has 2 atom stereocenters. The first-order valence-electron chi connectivity index (χ1n) is 9.04. The molecule has 0 spiro atoms. The summed E-state index contributed by atoms with van der Waals surface area (Å²) in [6, 6.07) is 1.86. The number of piperidine rings is 1. The van der Waals surface area contributed by atoms with Crippen molar-refractivity contribution in [3.63, 3.8) is 0 Å². The third kappa shape index (κ3) is 2.81. The summed E-state index contributed by atoms with van der Waals surface area (Å²) in [7, 11) is 1.77. The average molecular weight is 356 g/mol. The molecule has 138 valence electrons. The van der Waals surface area contributed by atoms with Crippen molar-refractivity contribution >= 4 is 5.91 Å². The summed E-state index contributed by atoms with van der Waals surface area (Å²) in [4.78, 5) is 22.5. The third-order valence-electron chi connectivity index (χ3n) is 5.93. The first kappa shape index (κ1) is 17.2. The molecule has 2 aromatic rings. The van der Waals surface area contributed by atoms with E-state index in [4.69, 9.17) is 14.9 Å². The molecule has 26 heavy (non-hydrogen) atoms. The second kappa shape index (κ2) is 6.81. The monoisotopic (exact) mass is 356 g/mol. The molecule has 1 aliphatic heterocycles. The molecule has 4 rings (SSSR count). The van der Waals surface area contributed by atoms with Gasteiger partial charge in [0.2, 0.25) is 11.8 Å². The lowest BCUT2D eigenvalue weighted by atomic mass is 9.62. The zero-order chi connectivity index (χ0) is 18.1. The Morgan fingerprint density at radius 3 is 2.77 bits per heavy atom. The van der Waals surface area contributed by atoms with Crippen LogP contribution in [0.25, 0.3) is 0 Å². The second-order valence-electron chi connectivity index (χ2n) is 7.27. The number of hydrogen-bond donors (Lipinski definition) is 1. The Morgan fingerprint density at radius 1 is 1.38 bits per heavy atom. The SMILES string of the molecule is COC1(c2cncc(C(N)=O)c2)C2CCCC1CN(Cc1ncco1)C2. The minimum absolute atomic E-state index is 0.319. The predicted molar refractivity (Wildman–Crippen MR) is 94.1 cm³/mol. The van der Waals surface area contributed by atoms with E-state index in [0.717, 1.165) is 37.4 Å². The van der Waals surface area contributed by atoms with E-state index in [-0.39, 0.29) is 0 Å². The number of aromatic nitrogens is 2. The summed E-state index contributed by atoms with van der Waals surface area (Å²) in [5.74, 6) is 0.919. The van der Waals surface area contributed by atoms with E-state index in [1.807, 2.05) is 12.3 Å². The van der Waals surface area contributed by atoms with Crippen LogP contribution in [0, 0.1) is 11.8 Å². The molecule has 2 fully saturated rings. The highest BCUT2D eigenvalue weighted by atomic mass is 16.5. The lowest BCUT2D eigenvalue weighted by Crippen LogP contribution is -2.58. The summed E-state index contributed by atoms with van der Waals surface area (Å²) in [5.41, 5.74) is 6.43. The third-order valence-corrected chi connectivity index (χ3v) is 5.93. The first-order chi connectivity index (χ1) is 12.6. The van der Waals surface area contributed by atoms with Gasteiger partial charge in [0.25, 0.3) is 0 Å². The minimum atomic E-state index is -0.461. The lowest BCUT2D eigenvalue weighted by molar-refractivity contribution is -0.171. The van der Waals surface area contributed by atoms with Gasteiger partial charge in [0.05, 0.1) is 18.3 Å². The maximum atomic E-state index is 11.6. The van der Waals surface area contributed by atoms with Crippen molar-refractivity contribution < 1.29 is 13.9 Å². The van der Waals surface area contributed by atoms with E-state index >= 15 is 0 Å². The van der Waals surface area contributed by atoms with Gasteiger partial charge in [0.15, 0.2) is 0 Å². The van der Waals surface area contributed by atoms with E-state index < -0.39 is 11.5 Å². The molecular weight excluding hydrogens is 332 g/mol. The number of ether oxygens (including phenoxy) is 1. The average Bonchev–Trinajstić information content (AvgIpc) is 3.14. The Hall–Kier alpha value is -2.25. The lowest BCUT2D eigenvalue weighted by Gasteiger charge is -2.55. The number of nitrogens with zero attached hydrogens (tertiary/aromatic N) is 3. The number of carbonyl (C=O) groups excluding carboxylic acids is 1. The van der Waals surface area contributed by atoms with Crippen molar-refractivity contribution in [1.82, 2.24) is 14.9 Å². The van der Waals surface area contributed by atoms with Crippen molar-refractivity contribution in [1.29, 1.82) is 0 Å². The number of pyridine rings is 1. The van der Waals surface area contributed by atoms with Gasteiger partial charge >= 0.3 is 0 Å². The molecular formula is C19H24N4O3. The van der Waals surface area contributed by atoms with Gasteiger partial charge in [-0.05, 0) is 18.9 Å². The van der Waals surface area contributed by atoms with Gasteiger partial charge in [-0.1, -0.05) is 6.42 Å². The molecule has 2 aromatic heterocycles. The van der Waals surface area contributed by atoms with Gasteiger partial charge in [-0.15, -0.1) is 0 Å². The summed E-state index contributed by atoms with van der Waals surface area (Å²) >= 11 is 0. The number of fused-ring (bicyclic) bond motifs is 2. The van der Waals surface area contributed by atoms with Gasteiger partial charge < -0.3 is 14.9 Å². The van der Waals surface area contributed by atoms with Crippen LogP contribution in [0.1, 0.15) is 41.1 Å². The van der Waals surface area contributed by atoms with Gasteiger partial charge in [0, 0.05) is 50.0 Å². The van der Waals surface area contributed by atoms with Crippen LogP contribution in [0.5, 0.6) is 0 Å². The fourth-order valence-corrected chi connectivity index (χ4v) is 4.89. The van der Waals surface area contributed by atoms with E-state index in [1.54, 1.807) is 19.6 Å². The Bertz CT molecular complexity index is 763. The Kier molecular flexibility index (Phi) is 4.50. The smallest absolute Gasteiger partial charge is 0.250 e. The normalized spacial score (nSPS) is 28.8. The van der Waals surface area contributed by atoms with E-state index in [2.05, 4.69) is 14.9 Å². The number of likely N-dealkylation sites (tertiary alicyclic amines) is 1. The van der Waals surface area contributed by atoms with Crippen molar-refractivity contribution in [2.45, 2.75) is 31.4 Å². The summed E-state index contributed by atoms with van der Waals surface area (Å²) < 4.78 is 11.6. The summed E-state index contributed by atoms with van der Waals surface area (Å²) in [6.45, 7) is 2.50. The molecule has 1 aliphatic carbocycles. The molecule has 0 radical (unpaired) electrons.